The summed E-state index contributed by atoms with van der Waals surface area (Å²) in [6.07, 6.45) is 9.04. The third-order valence-corrected chi connectivity index (χ3v) is 10.4. The van der Waals surface area contributed by atoms with Gasteiger partial charge in [-0.3, -0.25) is 14.4 Å². The Morgan fingerprint density at radius 1 is 1.13 bits per heavy atom. The molecule has 0 unspecified atom stereocenters. The summed E-state index contributed by atoms with van der Waals surface area (Å²) in [5.74, 6) is 2.14. The van der Waals surface area contributed by atoms with Gasteiger partial charge in [0.05, 0.1) is 0 Å². The maximum Gasteiger partial charge on any atom is 0.303 e. The van der Waals surface area contributed by atoms with E-state index in [4.69, 9.17) is 9.84 Å². The molecule has 0 aliphatic heterocycles. The van der Waals surface area contributed by atoms with Gasteiger partial charge in [0.25, 0.3) is 0 Å². The lowest BCUT2D eigenvalue weighted by molar-refractivity contribution is -0.167. The lowest BCUT2D eigenvalue weighted by Gasteiger charge is -2.60. The first-order valence-electron chi connectivity index (χ1n) is 12.5. The fraction of sp³-hybridized carbons (Fsp3) is 0.885. The van der Waals surface area contributed by atoms with Crippen LogP contribution in [-0.2, 0) is 19.1 Å². The van der Waals surface area contributed by atoms with Crippen LogP contribution in [0.15, 0.2) is 0 Å². The minimum atomic E-state index is -0.739. The Morgan fingerprint density at radius 3 is 2.55 bits per heavy atom. The number of ether oxygens (including phenoxy) is 1. The molecule has 0 heterocycles. The second-order valence-corrected chi connectivity index (χ2v) is 11.7. The van der Waals surface area contributed by atoms with Crippen molar-refractivity contribution in [2.45, 2.75) is 98.0 Å². The van der Waals surface area contributed by atoms with Crippen molar-refractivity contribution in [1.82, 2.24) is 0 Å². The highest BCUT2D eigenvalue weighted by atomic mass is 16.5. The molecule has 9 atom stereocenters. The van der Waals surface area contributed by atoms with Crippen molar-refractivity contribution in [2.24, 2.45) is 46.3 Å². The Labute approximate surface area is 186 Å². The summed E-state index contributed by atoms with van der Waals surface area (Å²) in [6.45, 7) is 8.29. The van der Waals surface area contributed by atoms with Crippen molar-refractivity contribution >= 4 is 17.7 Å². The fourth-order valence-electron chi connectivity index (χ4n) is 8.76. The molecule has 4 rings (SSSR count). The summed E-state index contributed by atoms with van der Waals surface area (Å²) in [6, 6.07) is 0. The highest BCUT2D eigenvalue weighted by Crippen LogP contribution is 2.67. The van der Waals surface area contributed by atoms with Gasteiger partial charge in [0, 0.05) is 25.2 Å². The molecule has 0 saturated heterocycles. The first-order valence-corrected chi connectivity index (χ1v) is 12.5. The minimum absolute atomic E-state index is 0.0441. The van der Waals surface area contributed by atoms with Crippen molar-refractivity contribution in [1.29, 1.82) is 0 Å². The summed E-state index contributed by atoms with van der Waals surface area (Å²) in [5, 5.41) is 9.12. The molecule has 5 nitrogen and oxygen atoms in total. The second-order valence-electron chi connectivity index (χ2n) is 11.7. The van der Waals surface area contributed by atoms with Gasteiger partial charge >= 0.3 is 11.9 Å². The van der Waals surface area contributed by atoms with Gasteiger partial charge in [-0.15, -0.1) is 0 Å². The summed E-state index contributed by atoms with van der Waals surface area (Å²) in [4.78, 5) is 36.3. The van der Waals surface area contributed by atoms with Gasteiger partial charge in [-0.25, -0.2) is 0 Å². The molecule has 0 radical (unpaired) electrons. The van der Waals surface area contributed by atoms with Crippen molar-refractivity contribution < 1.29 is 24.2 Å². The third-order valence-electron chi connectivity index (χ3n) is 10.4. The van der Waals surface area contributed by atoms with Crippen LogP contribution < -0.4 is 0 Å². The van der Waals surface area contributed by atoms with E-state index < -0.39 is 5.97 Å². The van der Waals surface area contributed by atoms with Crippen molar-refractivity contribution in [3.8, 4) is 0 Å². The Bertz CT molecular complexity index is 746. The number of carboxylic acids is 1. The number of Topliss-reactive ketones (excluding diaryl/α,β-unsaturated/α-hetero) is 1. The molecule has 4 aliphatic rings. The third kappa shape index (κ3) is 3.74. The minimum Gasteiger partial charge on any atom is -0.481 e. The number of aliphatic carboxylic acids is 1. The molecule has 5 heteroatoms. The largest absolute Gasteiger partial charge is 0.481 e. The first kappa shape index (κ1) is 22.8. The molecule has 31 heavy (non-hydrogen) atoms. The maximum absolute atomic E-state index is 13.7. The topological polar surface area (TPSA) is 80.7 Å². The van der Waals surface area contributed by atoms with E-state index >= 15 is 0 Å². The van der Waals surface area contributed by atoms with Crippen LogP contribution >= 0.6 is 0 Å². The van der Waals surface area contributed by atoms with Crippen LogP contribution in [0.5, 0.6) is 0 Å². The number of carboxylic acid groups (broad SMARTS) is 1. The molecule has 4 aliphatic carbocycles. The maximum atomic E-state index is 13.7. The predicted octanol–water partition coefficient (Wildman–Crippen LogP) is 5.26. The lowest BCUT2D eigenvalue weighted by Crippen LogP contribution is -2.57. The molecule has 0 spiro atoms. The van der Waals surface area contributed by atoms with Crippen LogP contribution in [0, 0.1) is 46.3 Å². The van der Waals surface area contributed by atoms with E-state index in [-0.39, 0.29) is 35.2 Å². The monoisotopic (exact) mass is 432 g/mol. The van der Waals surface area contributed by atoms with Gasteiger partial charge in [-0.05, 0) is 92.3 Å². The summed E-state index contributed by atoms with van der Waals surface area (Å²) in [7, 11) is 0. The van der Waals surface area contributed by atoms with Gasteiger partial charge in [0.15, 0.2) is 0 Å². The summed E-state index contributed by atoms with van der Waals surface area (Å²) in [5.41, 5.74) is -0.110. The normalized spacial score (nSPS) is 45.2. The Hall–Kier alpha value is -1.39. The van der Waals surface area contributed by atoms with Crippen molar-refractivity contribution in [2.75, 3.05) is 0 Å². The number of ketones is 1. The summed E-state index contributed by atoms with van der Waals surface area (Å²) >= 11 is 0. The zero-order chi connectivity index (χ0) is 22.6. The lowest BCUT2D eigenvalue weighted by atomic mass is 9.44. The smallest absolute Gasteiger partial charge is 0.303 e. The van der Waals surface area contributed by atoms with E-state index in [9.17, 15) is 14.4 Å². The molecule has 0 aromatic carbocycles. The number of fused-ring (bicyclic) bond motifs is 5. The van der Waals surface area contributed by atoms with Gasteiger partial charge in [0.1, 0.15) is 11.9 Å². The van der Waals surface area contributed by atoms with E-state index in [1.807, 2.05) is 0 Å². The molecule has 1 N–H and O–H groups in total. The molecule has 174 valence electrons. The number of rotatable bonds is 5. The van der Waals surface area contributed by atoms with E-state index in [1.165, 1.54) is 19.8 Å². The zero-order valence-electron chi connectivity index (χ0n) is 19.7. The van der Waals surface area contributed by atoms with Crippen LogP contribution in [0.1, 0.15) is 91.9 Å². The molecule has 4 fully saturated rings. The Morgan fingerprint density at radius 2 is 1.87 bits per heavy atom. The zero-order valence-corrected chi connectivity index (χ0v) is 19.7. The molecule has 4 saturated carbocycles. The predicted molar refractivity (Wildman–Crippen MR) is 117 cm³/mol. The average molecular weight is 433 g/mol. The van der Waals surface area contributed by atoms with Crippen LogP contribution in [-0.4, -0.2) is 28.9 Å². The molecule has 0 amide bonds. The SMILES string of the molecule is CC(=O)O[C@@H]1CC[C@@]2(C)[C@H](CC[C@@H]3[C@H]2CC(=O)[C@@]2(C)[C@@H]3CC[C@H]2[C@H](C)CCC(=O)O)C1. The quantitative estimate of drug-likeness (QED) is 0.600. The average Bonchev–Trinajstić information content (AvgIpc) is 3.06. The second kappa shape index (κ2) is 8.19. The number of esters is 1. The summed E-state index contributed by atoms with van der Waals surface area (Å²) < 4.78 is 5.56. The first-order chi connectivity index (χ1) is 14.6. The highest BCUT2D eigenvalue weighted by molar-refractivity contribution is 5.87. The van der Waals surface area contributed by atoms with Gasteiger partial charge in [-0.1, -0.05) is 20.8 Å². The molecule has 0 bridgehead atoms. The van der Waals surface area contributed by atoms with Crippen LogP contribution in [0.4, 0.5) is 0 Å². The number of carbonyl (C=O) groups excluding carboxylic acids is 2. The number of carbonyl (C=O) groups is 3. The van der Waals surface area contributed by atoms with Gasteiger partial charge in [0.2, 0.25) is 0 Å². The fourth-order valence-corrected chi connectivity index (χ4v) is 8.76. The molecular weight excluding hydrogens is 392 g/mol. The standard InChI is InChI=1S/C26H40O5/c1-15(5-10-24(29)30)20-8-9-21-19-7-6-17-13-18(31-16(2)27)11-12-25(17,3)22(19)14-23(28)26(20,21)4/h15,17-22H,5-14H2,1-4H3,(H,29,30)/t15-,17-,18-,19+,20+,21-,22-,25+,26-/m1/s1. The van der Waals surface area contributed by atoms with E-state index in [0.29, 0.717) is 48.2 Å². The van der Waals surface area contributed by atoms with Crippen LogP contribution in [0.3, 0.4) is 0 Å². The van der Waals surface area contributed by atoms with E-state index in [0.717, 1.165) is 32.1 Å². The molecular formula is C26H40O5. The van der Waals surface area contributed by atoms with E-state index in [2.05, 4.69) is 20.8 Å². The Kier molecular flexibility index (Phi) is 6.02. The van der Waals surface area contributed by atoms with Crippen molar-refractivity contribution in [3.05, 3.63) is 0 Å². The molecule has 0 aromatic heterocycles. The highest BCUT2D eigenvalue weighted by Gasteiger charge is 2.64. The van der Waals surface area contributed by atoms with Gasteiger partial charge in [-0.2, -0.15) is 0 Å². The number of hydrogen-bond donors (Lipinski definition) is 1. The van der Waals surface area contributed by atoms with Gasteiger partial charge < -0.3 is 9.84 Å². The Balaban J connectivity index is 1.52. The van der Waals surface area contributed by atoms with Crippen molar-refractivity contribution in [3.63, 3.8) is 0 Å². The van der Waals surface area contributed by atoms with E-state index in [1.54, 1.807) is 0 Å². The number of hydrogen-bond acceptors (Lipinski definition) is 4. The molecule has 0 aromatic rings. The van der Waals surface area contributed by atoms with Crippen LogP contribution in [0.25, 0.3) is 0 Å². The van der Waals surface area contributed by atoms with Crippen LogP contribution in [0.2, 0.25) is 0 Å².